The van der Waals surface area contributed by atoms with Crippen molar-refractivity contribution in [2.45, 2.75) is 26.8 Å². The van der Waals surface area contributed by atoms with Gasteiger partial charge in [0, 0.05) is 42.6 Å². The van der Waals surface area contributed by atoms with Gasteiger partial charge in [-0.3, -0.25) is 19.4 Å². The zero-order valence-corrected chi connectivity index (χ0v) is 18.5. The minimum atomic E-state index is -0.244. The Hall–Kier alpha value is -2.41. The van der Waals surface area contributed by atoms with E-state index in [0.717, 1.165) is 48.7 Å². The largest absolute Gasteiger partial charge is 0.325 e. The van der Waals surface area contributed by atoms with Gasteiger partial charge >= 0.3 is 0 Å². The van der Waals surface area contributed by atoms with Crippen LogP contribution in [-0.2, 0) is 9.59 Å². The molecular weight excluding hydrogens is 400 g/mol. The average molecular weight is 429 g/mol. The summed E-state index contributed by atoms with van der Waals surface area (Å²) in [5, 5.41) is 6.61. The molecule has 0 saturated carbocycles. The number of hydrogen-bond donors (Lipinski definition) is 2. The number of carbonyl (C=O) groups is 2. The van der Waals surface area contributed by atoms with Crippen molar-refractivity contribution < 1.29 is 9.59 Å². The smallest absolute Gasteiger partial charge is 0.241 e. The van der Waals surface area contributed by atoms with E-state index in [0.29, 0.717) is 11.6 Å². The summed E-state index contributed by atoms with van der Waals surface area (Å²) in [5.74, 6) is -0.0482. The van der Waals surface area contributed by atoms with Gasteiger partial charge in [0.15, 0.2) is 0 Å². The molecule has 1 saturated heterocycles. The van der Waals surface area contributed by atoms with E-state index in [1.807, 2.05) is 39.0 Å². The van der Waals surface area contributed by atoms with Crippen molar-refractivity contribution in [3.8, 4) is 0 Å². The first-order valence-electron chi connectivity index (χ1n) is 10.2. The Morgan fingerprint density at radius 2 is 1.57 bits per heavy atom. The maximum Gasteiger partial charge on any atom is 0.241 e. The number of nitrogens with one attached hydrogen (secondary N) is 2. The van der Waals surface area contributed by atoms with Gasteiger partial charge in [-0.2, -0.15) is 0 Å². The van der Waals surface area contributed by atoms with Crippen LogP contribution in [0.15, 0.2) is 42.5 Å². The van der Waals surface area contributed by atoms with Crippen molar-refractivity contribution >= 4 is 34.8 Å². The molecule has 0 bridgehead atoms. The van der Waals surface area contributed by atoms with Crippen LogP contribution >= 0.6 is 11.6 Å². The van der Waals surface area contributed by atoms with Crippen molar-refractivity contribution in [2.75, 3.05) is 43.4 Å². The molecule has 1 fully saturated rings. The first kappa shape index (κ1) is 22.3. The topological polar surface area (TPSA) is 64.7 Å². The first-order valence-corrected chi connectivity index (χ1v) is 10.6. The van der Waals surface area contributed by atoms with Crippen LogP contribution in [0.5, 0.6) is 0 Å². The summed E-state index contributed by atoms with van der Waals surface area (Å²) >= 11 is 5.89. The first-order chi connectivity index (χ1) is 14.3. The van der Waals surface area contributed by atoms with Crippen LogP contribution in [0.1, 0.15) is 18.1 Å². The molecule has 1 aliphatic heterocycles. The Balaban J connectivity index is 1.46. The Morgan fingerprint density at radius 3 is 2.17 bits per heavy atom. The number of benzene rings is 2. The number of anilines is 2. The Kier molecular flexibility index (Phi) is 7.48. The van der Waals surface area contributed by atoms with Crippen LogP contribution in [0.25, 0.3) is 0 Å². The van der Waals surface area contributed by atoms with Gasteiger partial charge in [0.25, 0.3) is 0 Å². The molecule has 6 nitrogen and oxygen atoms in total. The monoisotopic (exact) mass is 428 g/mol. The summed E-state index contributed by atoms with van der Waals surface area (Å²) in [7, 11) is 0. The van der Waals surface area contributed by atoms with E-state index >= 15 is 0 Å². The van der Waals surface area contributed by atoms with Crippen LogP contribution < -0.4 is 10.6 Å². The summed E-state index contributed by atoms with van der Waals surface area (Å²) in [6, 6.07) is 12.8. The molecule has 2 aromatic carbocycles. The molecule has 1 heterocycles. The van der Waals surface area contributed by atoms with E-state index in [1.54, 1.807) is 24.3 Å². The number of aryl methyl sites for hydroxylation is 2. The highest BCUT2D eigenvalue weighted by Crippen LogP contribution is 2.19. The predicted molar refractivity (Wildman–Crippen MR) is 122 cm³/mol. The second-order valence-corrected chi connectivity index (χ2v) is 8.24. The van der Waals surface area contributed by atoms with Crippen LogP contribution in [0, 0.1) is 13.8 Å². The molecule has 0 aliphatic carbocycles. The third-order valence-electron chi connectivity index (χ3n) is 5.56. The van der Waals surface area contributed by atoms with E-state index in [9.17, 15) is 9.59 Å². The summed E-state index contributed by atoms with van der Waals surface area (Å²) in [6.07, 6.45) is 0. The molecule has 0 spiro atoms. The molecule has 160 valence electrons. The van der Waals surface area contributed by atoms with Crippen molar-refractivity contribution in [3.05, 3.63) is 58.6 Å². The molecule has 30 heavy (non-hydrogen) atoms. The van der Waals surface area contributed by atoms with Crippen LogP contribution in [-0.4, -0.2) is 60.4 Å². The second-order valence-electron chi connectivity index (χ2n) is 7.80. The summed E-state index contributed by atoms with van der Waals surface area (Å²) < 4.78 is 0. The second kappa shape index (κ2) is 10.1. The molecule has 1 aliphatic rings. The van der Waals surface area contributed by atoms with Gasteiger partial charge in [-0.05, 0) is 56.2 Å². The Labute approximate surface area is 183 Å². The van der Waals surface area contributed by atoms with Gasteiger partial charge in [-0.15, -0.1) is 0 Å². The van der Waals surface area contributed by atoms with E-state index in [2.05, 4.69) is 20.4 Å². The van der Waals surface area contributed by atoms with Crippen molar-refractivity contribution in [1.82, 2.24) is 9.80 Å². The lowest BCUT2D eigenvalue weighted by Gasteiger charge is -2.37. The van der Waals surface area contributed by atoms with Crippen molar-refractivity contribution in [2.24, 2.45) is 0 Å². The fourth-order valence-electron chi connectivity index (χ4n) is 3.65. The number of amides is 2. The number of para-hydroxylation sites is 1. The Bertz CT molecular complexity index is 872. The number of nitrogens with zero attached hydrogens (tertiary/aromatic N) is 2. The molecule has 0 aromatic heterocycles. The summed E-state index contributed by atoms with van der Waals surface area (Å²) in [5.41, 5.74) is 3.76. The third kappa shape index (κ3) is 5.81. The van der Waals surface area contributed by atoms with Crippen molar-refractivity contribution in [3.63, 3.8) is 0 Å². The molecule has 0 radical (unpaired) electrons. The van der Waals surface area contributed by atoms with Crippen LogP contribution in [0.3, 0.4) is 0 Å². The number of hydrogen-bond acceptors (Lipinski definition) is 4. The van der Waals surface area contributed by atoms with Gasteiger partial charge < -0.3 is 10.6 Å². The number of carbonyl (C=O) groups excluding carboxylic acids is 2. The fourth-order valence-corrected chi connectivity index (χ4v) is 3.77. The highest BCUT2D eigenvalue weighted by Gasteiger charge is 2.26. The van der Waals surface area contributed by atoms with Gasteiger partial charge in [0.2, 0.25) is 11.8 Å². The molecule has 3 rings (SSSR count). The summed E-state index contributed by atoms with van der Waals surface area (Å²) in [6.45, 7) is 9.24. The summed E-state index contributed by atoms with van der Waals surface area (Å²) in [4.78, 5) is 29.3. The molecule has 2 N–H and O–H groups in total. The Morgan fingerprint density at radius 1 is 0.967 bits per heavy atom. The minimum absolute atomic E-state index is 0.00520. The van der Waals surface area contributed by atoms with Gasteiger partial charge in [-0.1, -0.05) is 29.8 Å². The molecular formula is C23H29ClN4O2. The standard InChI is InChI=1S/C23H29ClN4O2/c1-16-5-4-6-17(2)22(16)26-21(29)15-27-11-13-28(14-12-27)18(3)23(30)25-20-9-7-19(24)8-10-20/h4-10,18H,11-15H2,1-3H3,(H,25,30)(H,26,29). The van der Waals surface area contributed by atoms with Gasteiger partial charge in [0.1, 0.15) is 0 Å². The van der Waals surface area contributed by atoms with Crippen LogP contribution in [0.4, 0.5) is 11.4 Å². The van der Waals surface area contributed by atoms with E-state index in [4.69, 9.17) is 11.6 Å². The van der Waals surface area contributed by atoms with Gasteiger partial charge in [-0.25, -0.2) is 0 Å². The maximum absolute atomic E-state index is 12.6. The quantitative estimate of drug-likeness (QED) is 0.738. The predicted octanol–water partition coefficient (Wildman–Crippen LogP) is 3.54. The molecule has 2 amide bonds. The lowest BCUT2D eigenvalue weighted by atomic mass is 10.1. The van der Waals surface area contributed by atoms with Crippen molar-refractivity contribution in [1.29, 1.82) is 0 Å². The third-order valence-corrected chi connectivity index (χ3v) is 5.81. The SMILES string of the molecule is Cc1cccc(C)c1NC(=O)CN1CCN(C(C)C(=O)Nc2ccc(Cl)cc2)CC1. The molecule has 2 aromatic rings. The molecule has 7 heteroatoms. The van der Waals surface area contributed by atoms with Crippen LogP contribution in [0.2, 0.25) is 5.02 Å². The highest BCUT2D eigenvalue weighted by molar-refractivity contribution is 6.30. The normalized spacial score (nSPS) is 16.1. The lowest BCUT2D eigenvalue weighted by Crippen LogP contribution is -2.53. The van der Waals surface area contributed by atoms with E-state index in [-0.39, 0.29) is 17.9 Å². The highest BCUT2D eigenvalue weighted by atomic mass is 35.5. The maximum atomic E-state index is 12.6. The number of rotatable bonds is 6. The zero-order chi connectivity index (χ0) is 21.7. The lowest BCUT2D eigenvalue weighted by molar-refractivity contribution is -0.122. The fraction of sp³-hybridized carbons (Fsp3) is 0.391. The van der Waals surface area contributed by atoms with E-state index in [1.165, 1.54) is 0 Å². The minimum Gasteiger partial charge on any atom is -0.325 e. The molecule has 1 atom stereocenters. The zero-order valence-electron chi connectivity index (χ0n) is 17.7. The number of piperazine rings is 1. The van der Waals surface area contributed by atoms with Gasteiger partial charge in [0.05, 0.1) is 12.6 Å². The average Bonchev–Trinajstić information content (AvgIpc) is 2.72. The molecule has 1 unspecified atom stereocenters. The van der Waals surface area contributed by atoms with E-state index < -0.39 is 0 Å². The number of halogens is 1.